The third kappa shape index (κ3) is 3.11. The third-order valence-electron chi connectivity index (χ3n) is 6.67. The van der Waals surface area contributed by atoms with Crippen molar-refractivity contribution in [2.45, 2.75) is 45.6 Å². The van der Waals surface area contributed by atoms with E-state index in [4.69, 9.17) is 0 Å². The van der Waals surface area contributed by atoms with Gasteiger partial charge in [0, 0.05) is 28.4 Å². The van der Waals surface area contributed by atoms with Crippen LogP contribution in [-0.2, 0) is 0 Å². The Morgan fingerprint density at radius 3 is 2.36 bits per heavy atom. The average Bonchev–Trinajstić information content (AvgIpc) is 2.60. The van der Waals surface area contributed by atoms with Crippen LogP contribution in [0.25, 0.3) is 0 Å². The third-order valence-corrected chi connectivity index (χ3v) is 6.67. The standard InChI is InChI=1S/C24H27FN2O/c1-15-5-8-20(9-6-15)26-18(4)17(3)23-12-24(13-23,14-23)27-22(28)19-7-10-21(25)16(2)11-19/h5-11,17,26H,4,12-14H2,1-3H3,(H,27,28)/t17-,23?,24?/m0/s1. The Bertz CT molecular complexity index is 928. The van der Waals surface area contributed by atoms with Crippen LogP contribution < -0.4 is 10.6 Å². The molecule has 0 saturated heterocycles. The minimum absolute atomic E-state index is 0.0994. The van der Waals surface area contributed by atoms with Gasteiger partial charge in [0.2, 0.25) is 0 Å². The van der Waals surface area contributed by atoms with Crippen molar-refractivity contribution < 1.29 is 9.18 Å². The zero-order chi connectivity index (χ0) is 20.1. The van der Waals surface area contributed by atoms with E-state index in [-0.39, 0.29) is 22.7 Å². The summed E-state index contributed by atoms with van der Waals surface area (Å²) in [5.74, 6) is -0.0595. The lowest BCUT2D eigenvalue weighted by molar-refractivity contribution is -0.172. The summed E-state index contributed by atoms with van der Waals surface area (Å²) >= 11 is 0. The minimum atomic E-state index is -0.283. The number of hydrogen-bond donors (Lipinski definition) is 2. The van der Waals surface area contributed by atoms with Gasteiger partial charge in [-0.3, -0.25) is 4.79 Å². The van der Waals surface area contributed by atoms with Crippen LogP contribution in [0.15, 0.2) is 54.7 Å². The molecule has 0 aromatic heterocycles. The molecule has 0 radical (unpaired) electrons. The van der Waals surface area contributed by atoms with Gasteiger partial charge in [-0.1, -0.05) is 31.2 Å². The van der Waals surface area contributed by atoms with Gasteiger partial charge in [-0.2, -0.15) is 0 Å². The molecule has 3 aliphatic carbocycles. The summed E-state index contributed by atoms with van der Waals surface area (Å²) < 4.78 is 13.4. The van der Waals surface area contributed by atoms with Crippen LogP contribution in [0.1, 0.15) is 47.7 Å². The van der Waals surface area contributed by atoms with Crippen LogP contribution >= 0.6 is 0 Å². The van der Waals surface area contributed by atoms with Gasteiger partial charge in [0.25, 0.3) is 5.91 Å². The smallest absolute Gasteiger partial charge is 0.251 e. The summed E-state index contributed by atoms with van der Waals surface area (Å²) in [6.45, 7) is 10.2. The maximum Gasteiger partial charge on any atom is 0.251 e. The molecule has 3 fully saturated rings. The van der Waals surface area contributed by atoms with Crippen molar-refractivity contribution in [3.8, 4) is 0 Å². The molecule has 3 nitrogen and oxygen atoms in total. The highest BCUT2D eigenvalue weighted by Gasteiger charge is 2.70. The molecule has 0 heterocycles. The summed E-state index contributed by atoms with van der Waals surface area (Å²) in [5.41, 5.74) is 4.46. The second kappa shape index (κ2) is 6.47. The summed E-state index contributed by atoms with van der Waals surface area (Å²) in [6, 6.07) is 12.8. The number of carbonyl (C=O) groups excluding carboxylic acids is 1. The predicted octanol–water partition coefficient (Wildman–Crippen LogP) is 5.36. The molecule has 2 aromatic carbocycles. The second-order valence-electron chi connectivity index (χ2n) is 8.83. The average molecular weight is 378 g/mol. The van der Waals surface area contributed by atoms with Crippen molar-refractivity contribution in [3.63, 3.8) is 0 Å². The quantitative estimate of drug-likeness (QED) is 0.711. The molecule has 3 aliphatic rings. The number of nitrogens with one attached hydrogen (secondary N) is 2. The number of hydrogen-bond acceptors (Lipinski definition) is 2. The number of halogens is 1. The molecule has 1 atom stereocenters. The van der Waals surface area contributed by atoms with Gasteiger partial charge in [0.15, 0.2) is 0 Å². The fraction of sp³-hybridized carbons (Fsp3) is 0.375. The van der Waals surface area contributed by atoms with Crippen molar-refractivity contribution in [1.82, 2.24) is 5.32 Å². The van der Waals surface area contributed by atoms with Crippen molar-refractivity contribution in [2.24, 2.45) is 11.3 Å². The van der Waals surface area contributed by atoms with E-state index >= 15 is 0 Å². The number of carbonyl (C=O) groups is 1. The highest BCUT2D eigenvalue weighted by Crippen LogP contribution is 2.71. The highest BCUT2D eigenvalue weighted by atomic mass is 19.1. The first-order valence-corrected chi connectivity index (χ1v) is 9.83. The SMILES string of the molecule is C=C(Nc1ccc(C)cc1)[C@H](C)C12CC(NC(=O)c3ccc(F)c(C)c3)(C1)C2. The van der Waals surface area contributed by atoms with Crippen LogP contribution in [0, 0.1) is 31.0 Å². The van der Waals surface area contributed by atoms with Crippen LogP contribution in [0.2, 0.25) is 0 Å². The van der Waals surface area contributed by atoms with Crippen molar-refractivity contribution in [3.05, 3.63) is 77.2 Å². The second-order valence-corrected chi connectivity index (χ2v) is 8.83. The van der Waals surface area contributed by atoms with E-state index in [0.717, 1.165) is 30.6 Å². The Morgan fingerprint density at radius 2 is 1.75 bits per heavy atom. The molecular weight excluding hydrogens is 351 g/mol. The van der Waals surface area contributed by atoms with E-state index in [0.29, 0.717) is 17.0 Å². The molecule has 0 unspecified atom stereocenters. The molecular formula is C24H27FN2O. The van der Waals surface area contributed by atoms with Crippen LogP contribution in [0.3, 0.4) is 0 Å². The number of allylic oxidation sites excluding steroid dienone is 1. The van der Waals surface area contributed by atoms with E-state index in [2.05, 4.69) is 55.3 Å². The van der Waals surface area contributed by atoms with E-state index in [1.165, 1.54) is 11.6 Å². The van der Waals surface area contributed by atoms with Crippen molar-refractivity contribution in [2.75, 3.05) is 5.32 Å². The molecule has 2 aromatic rings. The molecule has 146 valence electrons. The Morgan fingerprint density at radius 1 is 1.11 bits per heavy atom. The molecule has 5 rings (SSSR count). The summed E-state index contributed by atoms with van der Waals surface area (Å²) in [5, 5.41) is 6.63. The van der Waals surface area contributed by atoms with E-state index < -0.39 is 0 Å². The number of anilines is 1. The van der Waals surface area contributed by atoms with E-state index in [9.17, 15) is 9.18 Å². The molecule has 1 amide bonds. The summed E-state index contributed by atoms with van der Waals surface area (Å²) in [4.78, 5) is 12.6. The maximum absolute atomic E-state index is 13.4. The molecule has 4 heteroatoms. The molecule has 2 bridgehead atoms. The molecule has 2 N–H and O–H groups in total. The lowest BCUT2D eigenvalue weighted by atomic mass is 9.35. The Labute approximate surface area is 166 Å². The normalized spacial score (nSPS) is 25.9. The summed E-state index contributed by atoms with van der Waals surface area (Å²) in [7, 11) is 0. The van der Waals surface area contributed by atoms with Gasteiger partial charge in [-0.05, 0) is 74.4 Å². The number of rotatable bonds is 6. The molecule has 3 saturated carbocycles. The lowest BCUT2D eigenvalue weighted by Gasteiger charge is -2.73. The molecule has 0 aliphatic heterocycles. The van der Waals surface area contributed by atoms with Crippen LogP contribution in [-0.4, -0.2) is 11.4 Å². The fourth-order valence-corrected chi connectivity index (χ4v) is 4.86. The summed E-state index contributed by atoms with van der Waals surface area (Å²) in [6.07, 6.45) is 2.92. The Kier molecular flexibility index (Phi) is 4.33. The zero-order valence-electron chi connectivity index (χ0n) is 16.7. The van der Waals surface area contributed by atoms with E-state index in [1.54, 1.807) is 19.1 Å². The first kappa shape index (κ1) is 18.7. The van der Waals surface area contributed by atoms with Crippen LogP contribution in [0.5, 0.6) is 0 Å². The minimum Gasteiger partial charge on any atom is -0.359 e. The lowest BCUT2D eigenvalue weighted by Crippen LogP contribution is -2.76. The zero-order valence-corrected chi connectivity index (χ0v) is 16.7. The first-order chi connectivity index (χ1) is 13.2. The Hall–Kier alpha value is -2.62. The number of aryl methyl sites for hydroxylation is 2. The van der Waals surface area contributed by atoms with Crippen LogP contribution in [0.4, 0.5) is 10.1 Å². The van der Waals surface area contributed by atoms with Crippen molar-refractivity contribution in [1.29, 1.82) is 0 Å². The Balaban J connectivity index is 1.34. The van der Waals surface area contributed by atoms with Gasteiger partial charge in [-0.15, -0.1) is 0 Å². The van der Waals surface area contributed by atoms with Gasteiger partial charge in [-0.25, -0.2) is 4.39 Å². The fourth-order valence-electron chi connectivity index (χ4n) is 4.86. The first-order valence-electron chi connectivity index (χ1n) is 9.83. The monoisotopic (exact) mass is 378 g/mol. The topological polar surface area (TPSA) is 41.1 Å². The van der Waals surface area contributed by atoms with Gasteiger partial charge in [0.05, 0.1) is 0 Å². The van der Waals surface area contributed by atoms with Gasteiger partial charge in [0.1, 0.15) is 5.82 Å². The number of amides is 1. The van der Waals surface area contributed by atoms with Gasteiger partial charge < -0.3 is 10.6 Å². The molecule has 0 spiro atoms. The van der Waals surface area contributed by atoms with Gasteiger partial charge >= 0.3 is 0 Å². The highest BCUT2D eigenvalue weighted by molar-refractivity contribution is 5.95. The molecule has 28 heavy (non-hydrogen) atoms. The number of benzene rings is 2. The van der Waals surface area contributed by atoms with E-state index in [1.807, 2.05) is 0 Å². The predicted molar refractivity (Wildman–Crippen MR) is 111 cm³/mol. The largest absolute Gasteiger partial charge is 0.359 e. The van der Waals surface area contributed by atoms with Crippen molar-refractivity contribution >= 4 is 11.6 Å². The maximum atomic E-state index is 13.4.